The van der Waals surface area contributed by atoms with E-state index in [9.17, 15) is 4.79 Å². The standard InChI is InChI=1S/C46H45N5O3/c1-4-35-24-37(53-29-33-16-10-6-11-17-33)21-23-38(35)36-20-22-39-40(25-36)48-49-44(39)45-47-41-28-50(31(2)3)43(46(52)54-30-34-18-12-7-13-19-34)26-42(41)51(45)27-32-14-8-5-9-15-32/h5-25,31,43H,4,26-30H2,1-3H3,(H,48,49). The number of benzene rings is 5. The molecule has 8 heteroatoms. The Hall–Kier alpha value is -5.99. The Morgan fingerprint density at radius 2 is 1.52 bits per heavy atom. The van der Waals surface area contributed by atoms with Crippen LogP contribution in [0.3, 0.4) is 0 Å². The van der Waals surface area contributed by atoms with E-state index >= 15 is 0 Å². The molecule has 8 nitrogen and oxygen atoms in total. The molecule has 8 rings (SSSR count). The van der Waals surface area contributed by atoms with Gasteiger partial charge >= 0.3 is 5.97 Å². The maximum absolute atomic E-state index is 13.8. The van der Waals surface area contributed by atoms with Crippen molar-refractivity contribution in [1.29, 1.82) is 0 Å². The second-order valence-electron chi connectivity index (χ2n) is 14.3. The van der Waals surface area contributed by atoms with E-state index in [0.29, 0.717) is 26.1 Å². The number of ether oxygens (including phenoxy) is 2. The maximum atomic E-state index is 13.8. The van der Waals surface area contributed by atoms with Gasteiger partial charge in [0.05, 0.1) is 11.2 Å². The number of carbonyl (C=O) groups is 1. The van der Waals surface area contributed by atoms with Crippen molar-refractivity contribution in [2.45, 2.75) is 72.0 Å². The summed E-state index contributed by atoms with van der Waals surface area (Å²) in [5.74, 6) is 1.44. The summed E-state index contributed by atoms with van der Waals surface area (Å²) in [5, 5.41) is 9.22. The molecule has 272 valence electrons. The number of nitrogens with zero attached hydrogens (tertiary/aromatic N) is 4. The Kier molecular flexibility index (Phi) is 10.1. The van der Waals surface area contributed by atoms with E-state index in [-0.39, 0.29) is 18.6 Å². The lowest BCUT2D eigenvalue weighted by Crippen LogP contribution is -2.49. The molecule has 0 amide bonds. The molecule has 0 fully saturated rings. The summed E-state index contributed by atoms with van der Waals surface area (Å²) in [4.78, 5) is 21.3. The molecule has 54 heavy (non-hydrogen) atoms. The molecule has 0 saturated carbocycles. The van der Waals surface area contributed by atoms with E-state index in [4.69, 9.17) is 19.6 Å². The molecule has 7 aromatic rings. The number of rotatable bonds is 12. The first kappa shape index (κ1) is 35.1. The summed E-state index contributed by atoms with van der Waals surface area (Å²) in [7, 11) is 0. The normalized spacial score (nSPS) is 14.3. The Labute approximate surface area is 316 Å². The van der Waals surface area contributed by atoms with Crippen LogP contribution in [0.25, 0.3) is 33.5 Å². The number of hydrogen-bond donors (Lipinski definition) is 1. The number of nitrogens with one attached hydrogen (secondary N) is 1. The Balaban J connectivity index is 1.12. The van der Waals surface area contributed by atoms with Crippen LogP contribution in [0.5, 0.6) is 5.75 Å². The van der Waals surface area contributed by atoms with Crippen molar-refractivity contribution in [3.05, 3.63) is 161 Å². The molecule has 0 radical (unpaired) electrons. The van der Waals surface area contributed by atoms with Gasteiger partial charge in [-0.2, -0.15) is 5.10 Å². The Bertz CT molecular complexity index is 2370. The minimum Gasteiger partial charge on any atom is -0.489 e. The fourth-order valence-corrected chi connectivity index (χ4v) is 7.51. The van der Waals surface area contributed by atoms with Gasteiger partial charge in [-0.25, -0.2) is 4.98 Å². The lowest BCUT2D eigenvalue weighted by molar-refractivity contribution is -0.153. The SMILES string of the molecule is CCc1cc(OCc2ccccc2)ccc1-c1ccc2c(-c3nc4c(n3Cc3ccccc3)CC(C(=O)OCc3ccccc3)N(C(C)C)C4)n[nH]c2c1. The molecule has 0 saturated heterocycles. The zero-order chi connectivity index (χ0) is 37.0. The number of aromatic nitrogens is 4. The molecule has 1 atom stereocenters. The highest BCUT2D eigenvalue weighted by Gasteiger charge is 2.38. The zero-order valence-corrected chi connectivity index (χ0v) is 31.0. The van der Waals surface area contributed by atoms with Crippen LogP contribution >= 0.6 is 0 Å². The lowest BCUT2D eigenvalue weighted by atomic mass is 9.96. The van der Waals surface area contributed by atoms with Crippen LogP contribution in [-0.4, -0.2) is 42.7 Å². The smallest absolute Gasteiger partial charge is 0.324 e. The van der Waals surface area contributed by atoms with Gasteiger partial charge in [0.2, 0.25) is 0 Å². The molecular weight excluding hydrogens is 671 g/mol. The summed E-state index contributed by atoms with van der Waals surface area (Å²) in [6, 6.07) is 43.0. The number of carbonyl (C=O) groups excluding carboxylic acids is 1. The van der Waals surface area contributed by atoms with E-state index < -0.39 is 6.04 Å². The number of imidazole rings is 1. The van der Waals surface area contributed by atoms with Crippen LogP contribution in [0.15, 0.2) is 127 Å². The van der Waals surface area contributed by atoms with Gasteiger partial charge in [-0.05, 0) is 77.9 Å². The van der Waals surface area contributed by atoms with Crippen molar-refractivity contribution in [3.8, 4) is 28.4 Å². The maximum Gasteiger partial charge on any atom is 0.324 e. The first-order valence-corrected chi connectivity index (χ1v) is 18.8. The summed E-state index contributed by atoms with van der Waals surface area (Å²) in [6.07, 6.45) is 1.37. The zero-order valence-electron chi connectivity index (χ0n) is 31.0. The molecule has 3 heterocycles. The quantitative estimate of drug-likeness (QED) is 0.127. The highest BCUT2D eigenvalue weighted by atomic mass is 16.5. The Morgan fingerprint density at radius 1 is 0.833 bits per heavy atom. The van der Waals surface area contributed by atoms with Gasteiger partial charge in [0.25, 0.3) is 0 Å². The fraction of sp³-hybridized carbons (Fsp3) is 0.239. The van der Waals surface area contributed by atoms with Gasteiger partial charge in [-0.15, -0.1) is 0 Å². The molecule has 1 aliphatic rings. The van der Waals surface area contributed by atoms with Crippen LogP contribution in [0.4, 0.5) is 0 Å². The van der Waals surface area contributed by atoms with Crippen molar-refractivity contribution in [2.75, 3.05) is 0 Å². The summed E-state index contributed by atoms with van der Waals surface area (Å²) < 4.78 is 14.3. The highest BCUT2D eigenvalue weighted by molar-refractivity contribution is 5.94. The average Bonchev–Trinajstić information content (AvgIpc) is 3.80. The monoisotopic (exact) mass is 715 g/mol. The molecular formula is C46H45N5O3. The molecule has 1 N–H and O–H groups in total. The third-order valence-electron chi connectivity index (χ3n) is 10.4. The third-order valence-corrected chi connectivity index (χ3v) is 10.4. The van der Waals surface area contributed by atoms with Crippen LogP contribution in [0, 0.1) is 0 Å². The van der Waals surface area contributed by atoms with E-state index in [0.717, 1.165) is 68.2 Å². The van der Waals surface area contributed by atoms with Crippen molar-refractivity contribution in [1.82, 2.24) is 24.6 Å². The van der Waals surface area contributed by atoms with E-state index in [1.54, 1.807) is 0 Å². The molecule has 0 aliphatic carbocycles. The number of hydrogen-bond acceptors (Lipinski definition) is 6. The van der Waals surface area contributed by atoms with Crippen molar-refractivity contribution in [2.24, 2.45) is 0 Å². The molecule has 0 bridgehead atoms. The van der Waals surface area contributed by atoms with Crippen LogP contribution in [0.1, 0.15) is 54.4 Å². The first-order valence-electron chi connectivity index (χ1n) is 18.8. The highest BCUT2D eigenvalue weighted by Crippen LogP contribution is 2.36. The third kappa shape index (κ3) is 7.30. The summed E-state index contributed by atoms with van der Waals surface area (Å²) in [5.41, 5.74) is 10.5. The minimum absolute atomic E-state index is 0.122. The largest absolute Gasteiger partial charge is 0.489 e. The predicted octanol–water partition coefficient (Wildman–Crippen LogP) is 9.16. The Morgan fingerprint density at radius 3 is 2.20 bits per heavy atom. The second kappa shape index (κ2) is 15.5. The second-order valence-corrected chi connectivity index (χ2v) is 14.3. The van der Waals surface area contributed by atoms with Gasteiger partial charge < -0.3 is 14.0 Å². The predicted molar refractivity (Wildman–Crippen MR) is 213 cm³/mol. The van der Waals surface area contributed by atoms with Crippen molar-refractivity contribution >= 4 is 16.9 Å². The number of esters is 1. The van der Waals surface area contributed by atoms with Gasteiger partial charge in [-0.3, -0.25) is 14.8 Å². The number of fused-ring (bicyclic) bond motifs is 2. The number of aromatic amines is 1. The fourth-order valence-electron chi connectivity index (χ4n) is 7.51. The lowest BCUT2D eigenvalue weighted by Gasteiger charge is -2.36. The topological polar surface area (TPSA) is 85.3 Å². The van der Waals surface area contributed by atoms with E-state index in [2.05, 4.69) is 108 Å². The molecule has 1 unspecified atom stereocenters. The summed E-state index contributed by atoms with van der Waals surface area (Å²) >= 11 is 0. The first-order chi connectivity index (χ1) is 26.4. The number of H-pyrrole nitrogens is 1. The summed E-state index contributed by atoms with van der Waals surface area (Å²) in [6.45, 7) is 8.35. The van der Waals surface area contributed by atoms with Gasteiger partial charge in [0.1, 0.15) is 30.7 Å². The molecule has 2 aromatic heterocycles. The van der Waals surface area contributed by atoms with Crippen molar-refractivity contribution in [3.63, 3.8) is 0 Å². The van der Waals surface area contributed by atoms with Crippen molar-refractivity contribution < 1.29 is 14.3 Å². The minimum atomic E-state index is -0.429. The number of aryl methyl sites for hydroxylation is 1. The van der Waals surface area contributed by atoms with Crippen LogP contribution in [-0.2, 0) is 48.7 Å². The van der Waals surface area contributed by atoms with Gasteiger partial charge in [0.15, 0.2) is 5.82 Å². The van der Waals surface area contributed by atoms with E-state index in [1.165, 1.54) is 11.1 Å². The molecule has 1 aliphatic heterocycles. The molecule has 5 aromatic carbocycles. The molecule has 0 spiro atoms. The van der Waals surface area contributed by atoms with Gasteiger partial charge in [0, 0.05) is 36.6 Å². The van der Waals surface area contributed by atoms with Crippen LogP contribution in [0.2, 0.25) is 0 Å². The average molecular weight is 716 g/mol. The van der Waals surface area contributed by atoms with Crippen LogP contribution < -0.4 is 4.74 Å². The van der Waals surface area contributed by atoms with Gasteiger partial charge in [-0.1, -0.05) is 110 Å². The van der Waals surface area contributed by atoms with E-state index in [1.807, 2.05) is 54.6 Å².